The Labute approximate surface area is 193 Å². The number of pyridine rings is 1. The van der Waals surface area contributed by atoms with Crippen LogP contribution in [0.3, 0.4) is 0 Å². The summed E-state index contributed by atoms with van der Waals surface area (Å²) >= 11 is 9.06. The molecule has 0 saturated heterocycles. The van der Waals surface area contributed by atoms with Gasteiger partial charge in [0.2, 0.25) is 5.91 Å². The summed E-state index contributed by atoms with van der Waals surface area (Å²) in [5.41, 5.74) is 3.88. The van der Waals surface area contributed by atoms with E-state index in [4.69, 9.17) is 11.6 Å². The second-order valence-electron chi connectivity index (χ2n) is 6.68. The summed E-state index contributed by atoms with van der Waals surface area (Å²) in [6.45, 7) is 4.87. The second-order valence-corrected chi connectivity index (χ2v) is 9.06. The molecule has 1 N–H and O–H groups in total. The van der Waals surface area contributed by atoms with Gasteiger partial charge < -0.3 is 9.88 Å². The minimum absolute atomic E-state index is 0.177. The first-order chi connectivity index (χ1) is 15.1. The maximum atomic E-state index is 12.4. The molecular formula is C22H20ClN5OS2. The summed E-state index contributed by atoms with van der Waals surface area (Å²) in [7, 11) is 0. The molecule has 1 aromatic carbocycles. The highest BCUT2D eigenvalue weighted by Crippen LogP contribution is 2.39. The number of nitrogens with one attached hydrogen (secondary N) is 1. The lowest BCUT2D eigenvalue weighted by atomic mass is 10.0. The summed E-state index contributed by atoms with van der Waals surface area (Å²) in [6, 6.07) is 13.7. The number of carbonyl (C=O) groups is 1. The van der Waals surface area contributed by atoms with Gasteiger partial charge in [-0.15, -0.1) is 21.5 Å². The van der Waals surface area contributed by atoms with Gasteiger partial charge in [-0.05, 0) is 31.5 Å². The predicted molar refractivity (Wildman–Crippen MR) is 128 cm³/mol. The molecule has 0 aliphatic carbocycles. The summed E-state index contributed by atoms with van der Waals surface area (Å²) in [4.78, 5) is 17.6. The minimum atomic E-state index is -0.177. The number of nitrogens with zero attached hydrogens (tertiary/aromatic N) is 4. The lowest BCUT2D eigenvalue weighted by molar-refractivity contribution is -0.113. The van der Waals surface area contributed by atoms with E-state index in [0.29, 0.717) is 17.4 Å². The number of halogens is 1. The highest BCUT2D eigenvalue weighted by molar-refractivity contribution is 7.99. The Bertz CT molecular complexity index is 1210. The van der Waals surface area contributed by atoms with Crippen molar-refractivity contribution in [1.82, 2.24) is 19.7 Å². The van der Waals surface area contributed by atoms with Crippen LogP contribution in [0.1, 0.15) is 11.8 Å². The maximum Gasteiger partial charge on any atom is 0.234 e. The number of thioether (sulfide) groups is 1. The molecule has 0 radical (unpaired) electrons. The number of hydrogen-bond acceptors (Lipinski definition) is 6. The SMILES string of the molecule is CCn1c(SCC(=O)Nc2cccnc2Cl)nnc1-c1csc(C)c1-c1ccccc1. The van der Waals surface area contributed by atoms with E-state index < -0.39 is 0 Å². The van der Waals surface area contributed by atoms with E-state index in [9.17, 15) is 4.79 Å². The Morgan fingerprint density at radius 2 is 2.00 bits per heavy atom. The van der Waals surface area contributed by atoms with E-state index >= 15 is 0 Å². The third kappa shape index (κ3) is 4.66. The van der Waals surface area contributed by atoms with E-state index in [1.807, 2.05) is 29.7 Å². The molecule has 0 bridgehead atoms. The van der Waals surface area contributed by atoms with Crippen molar-refractivity contribution in [3.05, 3.63) is 64.1 Å². The molecule has 31 heavy (non-hydrogen) atoms. The predicted octanol–water partition coefficient (Wildman–Crippen LogP) is 5.78. The Morgan fingerprint density at radius 1 is 1.19 bits per heavy atom. The number of aryl methyl sites for hydroxylation is 1. The summed E-state index contributed by atoms with van der Waals surface area (Å²) in [5.74, 6) is 0.824. The fraction of sp³-hybridized carbons (Fsp3) is 0.182. The monoisotopic (exact) mass is 469 g/mol. The minimum Gasteiger partial charge on any atom is -0.323 e. The van der Waals surface area contributed by atoms with E-state index in [0.717, 1.165) is 17.0 Å². The molecule has 0 fully saturated rings. The van der Waals surface area contributed by atoms with Crippen LogP contribution in [0.25, 0.3) is 22.5 Å². The maximum absolute atomic E-state index is 12.4. The van der Waals surface area contributed by atoms with Crippen LogP contribution in [0.15, 0.2) is 59.2 Å². The highest BCUT2D eigenvalue weighted by Gasteiger charge is 2.20. The first-order valence-electron chi connectivity index (χ1n) is 9.68. The van der Waals surface area contributed by atoms with Crippen molar-refractivity contribution in [3.63, 3.8) is 0 Å². The number of benzene rings is 1. The fourth-order valence-corrected chi connectivity index (χ4v) is 5.09. The molecule has 0 aliphatic rings. The van der Waals surface area contributed by atoms with E-state index in [2.05, 4.69) is 44.9 Å². The first kappa shape index (κ1) is 21.5. The zero-order chi connectivity index (χ0) is 21.8. The summed E-state index contributed by atoms with van der Waals surface area (Å²) < 4.78 is 2.04. The molecular weight excluding hydrogens is 450 g/mol. The van der Waals surface area contributed by atoms with Gasteiger partial charge in [0.1, 0.15) is 0 Å². The number of hydrogen-bond donors (Lipinski definition) is 1. The van der Waals surface area contributed by atoms with E-state index in [1.54, 1.807) is 29.7 Å². The van der Waals surface area contributed by atoms with Gasteiger partial charge in [-0.2, -0.15) is 0 Å². The third-order valence-corrected chi connectivity index (χ3v) is 6.86. The highest BCUT2D eigenvalue weighted by atomic mass is 35.5. The quantitative estimate of drug-likeness (QED) is 0.274. The topological polar surface area (TPSA) is 72.7 Å². The molecule has 0 unspecified atom stereocenters. The smallest absolute Gasteiger partial charge is 0.234 e. The number of rotatable bonds is 7. The molecule has 158 valence electrons. The van der Waals surface area contributed by atoms with Crippen LogP contribution in [-0.2, 0) is 11.3 Å². The molecule has 4 rings (SSSR count). The zero-order valence-corrected chi connectivity index (χ0v) is 19.4. The van der Waals surface area contributed by atoms with Crippen molar-refractivity contribution >= 4 is 46.3 Å². The van der Waals surface area contributed by atoms with Crippen molar-refractivity contribution < 1.29 is 4.79 Å². The van der Waals surface area contributed by atoms with Crippen molar-refractivity contribution in [1.29, 1.82) is 0 Å². The van der Waals surface area contributed by atoms with Crippen LogP contribution in [0, 0.1) is 6.92 Å². The Kier molecular flexibility index (Phi) is 6.70. The molecule has 3 aromatic heterocycles. The molecule has 0 aliphatic heterocycles. The number of amides is 1. The summed E-state index contributed by atoms with van der Waals surface area (Å²) in [5, 5.41) is 14.7. The lowest BCUT2D eigenvalue weighted by Gasteiger charge is -2.10. The molecule has 6 nitrogen and oxygen atoms in total. The van der Waals surface area contributed by atoms with Gasteiger partial charge in [-0.1, -0.05) is 53.7 Å². The zero-order valence-electron chi connectivity index (χ0n) is 17.0. The van der Waals surface area contributed by atoms with Gasteiger partial charge in [0.15, 0.2) is 16.1 Å². The number of aromatic nitrogens is 4. The molecule has 9 heteroatoms. The summed E-state index contributed by atoms with van der Waals surface area (Å²) in [6.07, 6.45) is 1.58. The molecule has 4 aromatic rings. The Balaban J connectivity index is 1.55. The molecule has 3 heterocycles. The van der Waals surface area contributed by atoms with Crippen molar-refractivity contribution in [2.45, 2.75) is 25.5 Å². The van der Waals surface area contributed by atoms with Gasteiger partial charge in [0.05, 0.1) is 11.4 Å². The Hall–Kier alpha value is -2.68. The first-order valence-corrected chi connectivity index (χ1v) is 11.9. The standard InChI is InChI=1S/C22H20ClN5OS2/c1-3-28-21(16-12-30-14(2)19(16)15-8-5-4-6-9-15)26-27-22(28)31-13-18(29)25-17-10-7-11-24-20(17)23/h4-12H,3,13H2,1-2H3,(H,25,29). The second kappa shape index (κ2) is 9.64. The number of thiophene rings is 1. The number of anilines is 1. The van der Waals surface area contributed by atoms with Gasteiger partial charge in [-0.25, -0.2) is 4.98 Å². The van der Waals surface area contributed by atoms with Crippen LogP contribution >= 0.6 is 34.7 Å². The van der Waals surface area contributed by atoms with Gasteiger partial charge >= 0.3 is 0 Å². The average Bonchev–Trinajstić information content (AvgIpc) is 3.37. The lowest BCUT2D eigenvalue weighted by Crippen LogP contribution is -2.15. The average molecular weight is 470 g/mol. The van der Waals surface area contributed by atoms with Crippen molar-refractivity contribution in [2.24, 2.45) is 0 Å². The van der Waals surface area contributed by atoms with E-state index in [1.165, 1.54) is 22.2 Å². The molecule has 1 amide bonds. The van der Waals surface area contributed by atoms with Crippen molar-refractivity contribution in [3.8, 4) is 22.5 Å². The van der Waals surface area contributed by atoms with Crippen LogP contribution in [0.4, 0.5) is 5.69 Å². The third-order valence-electron chi connectivity index (χ3n) is 4.68. The largest absolute Gasteiger partial charge is 0.323 e. The number of carbonyl (C=O) groups excluding carboxylic acids is 1. The van der Waals surface area contributed by atoms with Crippen LogP contribution in [-0.4, -0.2) is 31.4 Å². The fourth-order valence-electron chi connectivity index (χ4n) is 3.26. The van der Waals surface area contributed by atoms with Gasteiger partial charge in [-0.3, -0.25) is 4.79 Å². The van der Waals surface area contributed by atoms with Crippen molar-refractivity contribution in [2.75, 3.05) is 11.1 Å². The Morgan fingerprint density at radius 3 is 2.74 bits per heavy atom. The van der Waals surface area contributed by atoms with Crippen LogP contribution in [0.5, 0.6) is 0 Å². The normalized spacial score (nSPS) is 10.9. The van der Waals surface area contributed by atoms with Crippen LogP contribution < -0.4 is 5.32 Å². The van der Waals surface area contributed by atoms with Crippen LogP contribution in [0.2, 0.25) is 5.15 Å². The van der Waals surface area contributed by atoms with Gasteiger partial charge in [0, 0.05) is 34.1 Å². The molecule has 0 atom stereocenters. The molecule has 0 spiro atoms. The molecule has 0 saturated carbocycles. The van der Waals surface area contributed by atoms with Gasteiger partial charge in [0.25, 0.3) is 0 Å². The van der Waals surface area contributed by atoms with E-state index in [-0.39, 0.29) is 16.8 Å².